The van der Waals surface area contributed by atoms with Crippen molar-refractivity contribution in [1.29, 1.82) is 0 Å². The van der Waals surface area contributed by atoms with Crippen molar-refractivity contribution in [3.8, 4) is 11.5 Å². The fourth-order valence-electron chi connectivity index (χ4n) is 3.00. The Morgan fingerprint density at radius 3 is 2.31 bits per heavy atom. The van der Waals surface area contributed by atoms with E-state index in [1.165, 1.54) is 26.5 Å². The normalized spacial score (nSPS) is 11.1. The Labute approximate surface area is 184 Å². The standard InChI is InChI=1S/C25H22F2O5/c1-29-16-20(25(28)30-2)19-11-7-6-10-18(19)15-31-22-13-12-21(26)24(23(22)27)32-14-17-8-4-3-5-9-17/h3-13,16H,14-15H2,1-2H3/b20-16-. The van der Waals surface area contributed by atoms with Crippen molar-refractivity contribution in [3.63, 3.8) is 0 Å². The lowest BCUT2D eigenvalue weighted by molar-refractivity contribution is -0.133. The summed E-state index contributed by atoms with van der Waals surface area (Å²) in [5.74, 6) is -3.07. The van der Waals surface area contributed by atoms with Crippen LogP contribution in [0, 0.1) is 11.6 Å². The molecule has 0 aliphatic rings. The van der Waals surface area contributed by atoms with Crippen molar-refractivity contribution in [3.05, 3.63) is 101 Å². The third-order valence-corrected chi connectivity index (χ3v) is 4.57. The number of carbonyl (C=O) groups excluding carboxylic acids is 1. The Hall–Kier alpha value is -3.87. The number of halogens is 2. The monoisotopic (exact) mass is 440 g/mol. The summed E-state index contributed by atoms with van der Waals surface area (Å²) in [6.07, 6.45) is 1.26. The Kier molecular flexibility index (Phi) is 7.80. The first-order valence-electron chi connectivity index (χ1n) is 9.72. The van der Waals surface area contributed by atoms with Crippen LogP contribution in [-0.4, -0.2) is 20.2 Å². The minimum atomic E-state index is -0.945. The summed E-state index contributed by atoms with van der Waals surface area (Å²) in [7, 11) is 2.67. The van der Waals surface area contributed by atoms with Gasteiger partial charge in [-0.1, -0.05) is 54.6 Å². The molecule has 0 amide bonds. The molecule has 3 aromatic carbocycles. The van der Waals surface area contributed by atoms with Gasteiger partial charge in [-0.2, -0.15) is 4.39 Å². The summed E-state index contributed by atoms with van der Waals surface area (Å²) in [4.78, 5) is 12.1. The van der Waals surface area contributed by atoms with Crippen molar-refractivity contribution < 1.29 is 32.5 Å². The second-order valence-corrected chi connectivity index (χ2v) is 6.67. The van der Waals surface area contributed by atoms with Gasteiger partial charge in [0.1, 0.15) is 18.8 Å². The average molecular weight is 440 g/mol. The molecule has 166 valence electrons. The molecule has 0 radical (unpaired) electrons. The zero-order chi connectivity index (χ0) is 22.9. The quantitative estimate of drug-likeness (QED) is 0.257. The van der Waals surface area contributed by atoms with Gasteiger partial charge in [-0.25, -0.2) is 9.18 Å². The Balaban J connectivity index is 1.81. The third kappa shape index (κ3) is 5.43. The fraction of sp³-hybridized carbons (Fsp3) is 0.160. The van der Waals surface area contributed by atoms with Crippen LogP contribution < -0.4 is 9.47 Å². The molecule has 3 rings (SSSR count). The first-order chi connectivity index (χ1) is 15.5. The van der Waals surface area contributed by atoms with Gasteiger partial charge in [-0.3, -0.25) is 0 Å². The highest BCUT2D eigenvalue weighted by atomic mass is 19.1. The maximum absolute atomic E-state index is 14.9. The van der Waals surface area contributed by atoms with Gasteiger partial charge in [-0.15, -0.1) is 0 Å². The molecule has 0 bridgehead atoms. The SMILES string of the molecule is CO/C=C(\C(=O)OC)c1ccccc1COc1ccc(F)c(OCc2ccccc2)c1F. The lowest BCUT2D eigenvalue weighted by atomic mass is 10.0. The summed E-state index contributed by atoms with van der Waals surface area (Å²) in [6.45, 7) is -0.0832. The van der Waals surface area contributed by atoms with Gasteiger partial charge in [0, 0.05) is 0 Å². The highest BCUT2D eigenvalue weighted by Gasteiger charge is 2.19. The third-order valence-electron chi connectivity index (χ3n) is 4.57. The Morgan fingerprint density at radius 2 is 1.59 bits per heavy atom. The van der Waals surface area contributed by atoms with E-state index in [2.05, 4.69) is 0 Å². The molecular weight excluding hydrogens is 418 g/mol. The van der Waals surface area contributed by atoms with Crippen molar-refractivity contribution >= 4 is 11.5 Å². The first kappa shape index (κ1) is 22.8. The van der Waals surface area contributed by atoms with Gasteiger partial charge in [-0.05, 0) is 28.8 Å². The highest BCUT2D eigenvalue weighted by Crippen LogP contribution is 2.31. The molecule has 32 heavy (non-hydrogen) atoms. The molecule has 0 aliphatic carbocycles. The zero-order valence-corrected chi connectivity index (χ0v) is 17.6. The van der Waals surface area contributed by atoms with Gasteiger partial charge in [0.2, 0.25) is 5.82 Å². The summed E-state index contributed by atoms with van der Waals surface area (Å²) in [5.41, 5.74) is 2.04. The van der Waals surface area contributed by atoms with Crippen LogP contribution in [0.2, 0.25) is 0 Å². The molecule has 0 fully saturated rings. The van der Waals surface area contributed by atoms with Crippen molar-refractivity contribution in [2.75, 3.05) is 14.2 Å². The Bertz CT molecular complexity index is 1100. The number of carbonyl (C=O) groups is 1. The van der Waals surface area contributed by atoms with Crippen molar-refractivity contribution in [2.45, 2.75) is 13.2 Å². The molecule has 0 N–H and O–H groups in total. The number of ether oxygens (including phenoxy) is 4. The van der Waals surface area contributed by atoms with Gasteiger partial charge in [0.05, 0.1) is 20.5 Å². The smallest absolute Gasteiger partial charge is 0.341 e. The predicted octanol–water partition coefficient (Wildman–Crippen LogP) is 5.28. The van der Waals surface area contributed by atoms with Crippen LogP contribution in [0.4, 0.5) is 8.78 Å². The van der Waals surface area contributed by atoms with Gasteiger partial charge >= 0.3 is 5.97 Å². The molecule has 0 heterocycles. The summed E-state index contributed by atoms with van der Waals surface area (Å²) in [6, 6.07) is 18.2. The van der Waals surface area contributed by atoms with Gasteiger partial charge < -0.3 is 18.9 Å². The van der Waals surface area contributed by atoms with Crippen LogP contribution in [0.5, 0.6) is 11.5 Å². The molecule has 5 nitrogen and oxygen atoms in total. The molecule has 0 saturated heterocycles. The van der Waals surface area contributed by atoms with Crippen LogP contribution in [0.25, 0.3) is 5.57 Å². The van der Waals surface area contributed by atoms with Crippen molar-refractivity contribution in [1.82, 2.24) is 0 Å². The number of rotatable bonds is 9. The average Bonchev–Trinajstić information content (AvgIpc) is 2.82. The fourth-order valence-corrected chi connectivity index (χ4v) is 3.00. The van der Waals surface area contributed by atoms with Crippen LogP contribution in [0.3, 0.4) is 0 Å². The summed E-state index contributed by atoms with van der Waals surface area (Å²) in [5, 5.41) is 0. The second-order valence-electron chi connectivity index (χ2n) is 6.67. The molecule has 0 aliphatic heterocycles. The largest absolute Gasteiger partial charge is 0.503 e. The number of benzene rings is 3. The second kappa shape index (κ2) is 10.9. The van der Waals surface area contributed by atoms with E-state index < -0.39 is 23.4 Å². The van der Waals surface area contributed by atoms with E-state index in [4.69, 9.17) is 18.9 Å². The predicted molar refractivity (Wildman–Crippen MR) is 115 cm³/mol. The minimum absolute atomic E-state index is 0.00523. The lowest BCUT2D eigenvalue weighted by Crippen LogP contribution is -2.09. The van der Waals surface area contributed by atoms with E-state index in [0.717, 1.165) is 11.6 Å². The topological polar surface area (TPSA) is 54.0 Å². The van der Waals surface area contributed by atoms with E-state index >= 15 is 0 Å². The number of hydrogen-bond acceptors (Lipinski definition) is 5. The lowest BCUT2D eigenvalue weighted by Gasteiger charge is -2.15. The molecule has 0 unspecified atom stereocenters. The van der Waals surface area contributed by atoms with E-state index in [9.17, 15) is 13.6 Å². The molecule has 3 aromatic rings. The van der Waals surface area contributed by atoms with E-state index in [1.807, 2.05) is 18.2 Å². The number of esters is 1. The molecule has 0 saturated carbocycles. The van der Waals surface area contributed by atoms with Gasteiger partial charge in [0.25, 0.3) is 0 Å². The van der Waals surface area contributed by atoms with Gasteiger partial charge in [0.15, 0.2) is 17.3 Å². The Morgan fingerprint density at radius 1 is 0.875 bits per heavy atom. The highest BCUT2D eigenvalue weighted by molar-refractivity contribution is 6.16. The molecule has 0 atom stereocenters. The molecule has 0 spiro atoms. The van der Waals surface area contributed by atoms with Crippen LogP contribution in [0.1, 0.15) is 16.7 Å². The maximum atomic E-state index is 14.9. The van der Waals surface area contributed by atoms with E-state index in [1.54, 1.807) is 36.4 Å². The number of hydrogen-bond donors (Lipinski definition) is 0. The van der Waals surface area contributed by atoms with E-state index in [0.29, 0.717) is 11.1 Å². The molecule has 7 heteroatoms. The zero-order valence-electron chi connectivity index (χ0n) is 17.6. The minimum Gasteiger partial charge on any atom is -0.503 e. The number of methoxy groups -OCH3 is 2. The van der Waals surface area contributed by atoms with Crippen LogP contribution >= 0.6 is 0 Å². The molecule has 0 aromatic heterocycles. The van der Waals surface area contributed by atoms with Crippen molar-refractivity contribution in [2.24, 2.45) is 0 Å². The first-order valence-corrected chi connectivity index (χ1v) is 9.72. The van der Waals surface area contributed by atoms with Crippen LogP contribution in [0.15, 0.2) is 73.0 Å². The van der Waals surface area contributed by atoms with Crippen LogP contribution in [-0.2, 0) is 27.5 Å². The molecular formula is C25H22F2O5. The maximum Gasteiger partial charge on any atom is 0.341 e. The van der Waals surface area contributed by atoms with E-state index in [-0.39, 0.29) is 24.5 Å². The summed E-state index contributed by atoms with van der Waals surface area (Å²) >= 11 is 0. The summed E-state index contributed by atoms with van der Waals surface area (Å²) < 4.78 is 49.9.